The van der Waals surface area contributed by atoms with Gasteiger partial charge in [0.25, 0.3) is 0 Å². The van der Waals surface area contributed by atoms with Gasteiger partial charge >= 0.3 is 0 Å². The molecule has 0 nitrogen and oxygen atoms in total. The highest BCUT2D eigenvalue weighted by Crippen LogP contribution is 2.17. The summed E-state index contributed by atoms with van der Waals surface area (Å²) in [4.78, 5) is 0. The molecule has 0 N–H and O–H groups in total. The van der Waals surface area contributed by atoms with Gasteiger partial charge in [0.2, 0.25) is 0 Å². The second-order valence-electron chi connectivity index (χ2n) is 7.11. The molecule has 0 heterocycles. The van der Waals surface area contributed by atoms with Crippen LogP contribution >= 0.6 is 0 Å². The van der Waals surface area contributed by atoms with E-state index in [2.05, 4.69) is 58.9 Å². The van der Waals surface area contributed by atoms with Crippen LogP contribution in [-0.4, -0.2) is 0 Å². The van der Waals surface area contributed by atoms with E-state index in [0.29, 0.717) is 0 Å². The third-order valence-corrected chi connectivity index (χ3v) is 4.03. The van der Waals surface area contributed by atoms with E-state index in [9.17, 15) is 0 Å². The zero-order valence-electron chi connectivity index (χ0n) is 18.8. The molecule has 0 unspecified atom stereocenters. The van der Waals surface area contributed by atoms with Crippen molar-refractivity contribution in [1.29, 1.82) is 0 Å². The number of rotatable bonds is 9. The maximum absolute atomic E-state index is 2.38. The maximum atomic E-state index is 2.38. The van der Waals surface area contributed by atoms with Crippen molar-refractivity contribution >= 4 is 6.08 Å². The molecule has 0 saturated carbocycles. The minimum absolute atomic E-state index is 0.867. The highest BCUT2D eigenvalue weighted by atomic mass is 14.1. The van der Waals surface area contributed by atoms with E-state index in [-0.39, 0.29) is 0 Å². The van der Waals surface area contributed by atoms with Crippen LogP contribution in [0.25, 0.3) is 6.08 Å². The van der Waals surface area contributed by atoms with E-state index < -0.39 is 0 Å². The van der Waals surface area contributed by atoms with Crippen molar-refractivity contribution in [3.63, 3.8) is 0 Å². The first-order valence-electron chi connectivity index (χ1n) is 10.7. The molecule has 146 valence electrons. The monoisotopic (exact) mass is 346 g/mol. The summed E-state index contributed by atoms with van der Waals surface area (Å²) in [5, 5.41) is 0. The molecule has 0 aliphatic heterocycles. The van der Waals surface area contributed by atoms with Gasteiger partial charge in [0.15, 0.2) is 0 Å². The van der Waals surface area contributed by atoms with Crippen LogP contribution in [0.2, 0.25) is 0 Å². The molecule has 0 aliphatic carbocycles. The number of aryl methyl sites for hydroxylation is 2. The average molecular weight is 347 g/mol. The van der Waals surface area contributed by atoms with Crippen LogP contribution in [0, 0.1) is 12.8 Å². The Balaban J connectivity index is 0. The SMILES string of the molecule is CC.CC.CC(C)=Cc1cc(CCCCCCCC(C)C)ccc1C. The lowest BCUT2D eigenvalue weighted by molar-refractivity contribution is 0.515. The summed E-state index contributed by atoms with van der Waals surface area (Å²) in [6, 6.07) is 6.95. The fraction of sp³-hybridized carbons (Fsp3) is 0.680. The molecule has 0 bridgehead atoms. The molecule has 25 heavy (non-hydrogen) atoms. The van der Waals surface area contributed by atoms with Gasteiger partial charge in [-0.1, -0.05) is 103 Å². The van der Waals surface area contributed by atoms with Crippen molar-refractivity contribution in [1.82, 2.24) is 0 Å². The number of hydrogen-bond donors (Lipinski definition) is 0. The lowest BCUT2D eigenvalue weighted by atomic mass is 9.99. The average Bonchev–Trinajstić information content (AvgIpc) is 2.59. The number of benzene rings is 1. The largest absolute Gasteiger partial charge is 0.0758 e. The van der Waals surface area contributed by atoms with E-state index in [1.165, 1.54) is 67.2 Å². The minimum Gasteiger partial charge on any atom is -0.0758 e. The lowest BCUT2D eigenvalue weighted by Gasteiger charge is -2.07. The molecule has 0 spiro atoms. The Hall–Kier alpha value is -1.04. The Kier molecular flexibility index (Phi) is 18.6. The fourth-order valence-electron chi connectivity index (χ4n) is 2.72. The van der Waals surface area contributed by atoms with Gasteiger partial charge in [-0.15, -0.1) is 0 Å². The van der Waals surface area contributed by atoms with Gasteiger partial charge in [-0.3, -0.25) is 0 Å². The second-order valence-corrected chi connectivity index (χ2v) is 7.11. The van der Waals surface area contributed by atoms with Crippen molar-refractivity contribution < 1.29 is 0 Å². The van der Waals surface area contributed by atoms with Crippen LogP contribution in [0.4, 0.5) is 0 Å². The Morgan fingerprint density at radius 1 is 0.880 bits per heavy atom. The van der Waals surface area contributed by atoms with Gasteiger partial charge in [0.05, 0.1) is 0 Å². The van der Waals surface area contributed by atoms with E-state index in [1.807, 2.05) is 27.7 Å². The number of allylic oxidation sites excluding steroid dienone is 1. The smallest absolute Gasteiger partial charge is 0.0225 e. The second kappa shape index (κ2) is 17.8. The third-order valence-electron chi connectivity index (χ3n) is 4.03. The van der Waals surface area contributed by atoms with Crippen LogP contribution in [0.1, 0.15) is 111 Å². The van der Waals surface area contributed by atoms with Gasteiger partial charge in [-0.25, -0.2) is 0 Å². The first-order valence-corrected chi connectivity index (χ1v) is 10.7. The van der Waals surface area contributed by atoms with Crippen molar-refractivity contribution in [3.05, 3.63) is 40.5 Å². The Labute approximate surface area is 160 Å². The first kappa shape index (κ1) is 26.2. The Bertz CT molecular complexity index is 433. The molecular weight excluding hydrogens is 300 g/mol. The molecule has 1 rings (SSSR count). The van der Waals surface area contributed by atoms with Crippen LogP contribution in [-0.2, 0) is 6.42 Å². The van der Waals surface area contributed by atoms with E-state index in [0.717, 1.165) is 5.92 Å². The van der Waals surface area contributed by atoms with Crippen LogP contribution in [0.15, 0.2) is 23.8 Å². The molecule has 0 fully saturated rings. The van der Waals surface area contributed by atoms with Crippen LogP contribution in [0.3, 0.4) is 0 Å². The highest BCUT2D eigenvalue weighted by Gasteiger charge is 2.00. The summed E-state index contributed by atoms with van der Waals surface area (Å²) in [7, 11) is 0. The summed E-state index contributed by atoms with van der Waals surface area (Å²) >= 11 is 0. The molecule has 0 aliphatic rings. The standard InChI is InChI=1S/C21H34.2C2H6/c1-17(2)11-9-7-6-8-10-12-20-14-13-19(5)21(16-20)15-18(3)4;2*1-2/h13-17H,6-12H2,1-5H3;2*1-2H3. The van der Waals surface area contributed by atoms with Crippen LogP contribution in [0.5, 0.6) is 0 Å². The highest BCUT2D eigenvalue weighted by molar-refractivity contribution is 5.56. The summed E-state index contributed by atoms with van der Waals surface area (Å²) in [6.45, 7) is 19.2. The predicted octanol–water partition coefficient (Wildman–Crippen LogP) is 9.01. The third kappa shape index (κ3) is 15.0. The normalized spacial score (nSPS) is 9.68. The topological polar surface area (TPSA) is 0 Å². The van der Waals surface area contributed by atoms with Gasteiger partial charge in [0, 0.05) is 0 Å². The first-order chi connectivity index (χ1) is 12.0. The van der Waals surface area contributed by atoms with E-state index in [4.69, 9.17) is 0 Å². The van der Waals surface area contributed by atoms with Gasteiger partial charge < -0.3 is 0 Å². The van der Waals surface area contributed by atoms with E-state index >= 15 is 0 Å². The fourth-order valence-corrected chi connectivity index (χ4v) is 2.72. The lowest BCUT2D eigenvalue weighted by Crippen LogP contribution is -1.91. The molecule has 0 amide bonds. The molecule has 0 heteroatoms. The summed E-state index contributed by atoms with van der Waals surface area (Å²) in [6.07, 6.45) is 11.9. The number of unbranched alkanes of at least 4 members (excludes halogenated alkanes) is 4. The van der Waals surface area contributed by atoms with Gasteiger partial charge in [-0.2, -0.15) is 0 Å². The quantitative estimate of drug-likeness (QED) is 0.391. The molecular formula is C25H46. The van der Waals surface area contributed by atoms with Crippen molar-refractivity contribution in [2.24, 2.45) is 5.92 Å². The minimum atomic E-state index is 0.867. The maximum Gasteiger partial charge on any atom is -0.0225 e. The molecule has 0 atom stereocenters. The van der Waals surface area contributed by atoms with Crippen molar-refractivity contribution in [2.45, 2.75) is 107 Å². The van der Waals surface area contributed by atoms with Gasteiger partial charge in [0.1, 0.15) is 0 Å². The van der Waals surface area contributed by atoms with Crippen LogP contribution < -0.4 is 0 Å². The Morgan fingerprint density at radius 2 is 1.44 bits per heavy atom. The van der Waals surface area contributed by atoms with Gasteiger partial charge in [-0.05, 0) is 56.2 Å². The summed E-state index contributed by atoms with van der Waals surface area (Å²) in [5.41, 5.74) is 5.65. The summed E-state index contributed by atoms with van der Waals surface area (Å²) in [5.74, 6) is 0.867. The zero-order chi connectivity index (χ0) is 19.7. The molecule has 0 aromatic heterocycles. The zero-order valence-corrected chi connectivity index (χ0v) is 18.8. The van der Waals surface area contributed by atoms with Crippen molar-refractivity contribution in [3.8, 4) is 0 Å². The number of hydrogen-bond acceptors (Lipinski definition) is 0. The van der Waals surface area contributed by atoms with E-state index in [1.54, 1.807) is 0 Å². The Morgan fingerprint density at radius 3 is 2.00 bits per heavy atom. The molecule has 1 aromatic rings. The summed E-state index contributed by atoms with van der Waals surface area (Å²) < 4.78 is 0. The molecule has 1 aromatic carbocycles. The van der Waals surface area contributed by atoms with Crippen molar-refractivity contribution in [2.75, 3.05) is 0 Å². The predicted molar refractivity (Wildman–Crippen MR) is 119 cm³/mol. The molecule has 0 radical (unpaired) electrons. The molecule has 0 saturated heterocycles.